The molecule has 1 aliphatic heterocycles. The van der Waals surface area contributed by atoms with Crippen molar-refractivity contribution in [3.05, 3.63) is 29.3 Å². The van der Waals surface area contributed by atoms with Gasteiger partial charge in [0.05, 0.1) is 6.04 Å². The normalized spacial score (nSPS) is 16.8. The Kier molecular flexibility index (Phi) is 9.76. The SMILES string of the molecule is CC(C)CC(NC(=O)C(N)=O)C(=O)NC(CC1CCNC1=O)C(=O)COc1c(F)c(F)cc(F)c1F. The molecule has 0 radical (unpaired) electrons. The summed E-state index contributed by atoms with van der Waals surface area (Å²) < 4.78 is 59.3. The molecule has 0 bridgehead atoms. The number of amides is 4. The van der Waals surface area contributed by atoms with Gasteiger partial charge in [-0.05, 0) is 25.2 Å². The van der Waals surface area contributed by atoms with Gasteiger partial charge in [0, 0.05) is 18.5 Å². The Balaban J connectivity index is 2.23. The van der Waals surface area contributed by atoms with E-state index in [9.17, 15) is 41.5 Å². The summed E-state index contributed by atoms with van der Waals surface area (Å²) in [4.78, 5) is 60.6. The Bertz CT molecular complexity index is 1030. The van der Waals surface area contributed by atoms with Crippen LogP contribution in [0.15, 0.2) is 6.07 Å². The van der Waals surface area contributed by atoms with Crippen molar-refractivity contribution in [2.75, 3.05) is 13.2 Å². The summed E-state index contributed by atoms with van der Waals surface area (Å²) in [5, 5.41) is 7.06. The quantitative estimate of drug-likeness (QED) is 0.187. The number of primary amides is 1. The van der Waals surface area contributed by atoms with Crippen molar-refractivity contribution < 1.29 is 46.3 Å². The van der Waals surface area contributed by atoms with Crippen LogP contribution in [0.3, 0.4) is 0 Å². The predicted molar refractivity (Wildman–Crippen MR) is 115 cm³/mol. The molecule has 1 aromatic rings. The number of carbonyl (C=O) groups is 5. The number of carbonyl (C=O) groups excluding carboxylic acids is 5. The van der Waals surface area contributed by atoms with Gasteiger partial charge in [-0.25, -0.2) is 8.78 Å². The van der Waals surface area contributed by atoms with E-state index in [1.165, 1.54) is 0 Å². The number of benzene rings is 1. The molecule has 1 fully saturated rings. The highest BCUT2D eigenvalue weighted by Gasteiger charge is 2.34. The summed E-state index contributed by atoms with van der Waals surface area (Å²) in [5.74, 6) is -14.4. The number of hydrogen-bond donors (Lipinski definition) is 4. The third-order valence-corrected chi connectivity index (χ3v) is 5.37. The molecule has 1 saturated heterocycles. The molecule has 4 amide bonds. The molecule has 0 aliphatic carbocycles. The van der Waals surface area contributed by atoms with E-state index in [2.05, 4.69) is 16.0 Å². The zero-order valence-corrected chi connectivity index (χ0v) is 19.5. The van der Waals surface area contributed by atoms with Crippen molar-refractivity contribution >= 4 is 29.4 Å². The zero-order chi connectivity index (χ0) is 27.2. The minimum Gasteiger partial charge on any atom is -0.479 e. The van der Waals surface area contributed by atoms with E-state index >= 15 is 0 Å². The first-order valence-electron chi connectivity index (χ1n) is 11.0. The van der Waals surface area contributed by atoms with Crippen LogP contribution in [0.4, 0.5) is 17.6 Å². The summed E-state index contributed by atoms with van der Waals surface area (Å²) in [6.07, 6.45) is 0.136. The molecule has 36 heavy (non-hydrogen) atoms. The van der Waals surface area contributed by atoms with Gasteiger partial charge in [-0.1, -0.05) is 13.8 Å². The van der Waals surface area contributed by atoms with Crippen LogP contribution in [0, 0.1) is 35.1 Å². The zero-order valence-electron chi connectivity index (χ0n) is 19.5. The minimum absolute atomic E-state index is 0.0314. The fraction of sp³-hybridized carbons (Fsp3) is 0.500. The maximum absolute atomic E-state index is 13.9. The Hall–Kier alpha value is -3.71. The highest BCUT2D eigenvalue weighted by molar-refractivity contribution is 6.34. The van der Waals surface area contributed by atoms with E-state index in [1.54, 1.807) is 13.8 Å². The molecule has 1 aliphatic rings. The summed E-state index contributed by atoms with van der Waals surface area (Å²) in [6.45, 7) is 2.64. The van der Waals surface area contributed by atoms with Crippen LogP contribution in [-0.4, -0.2) is 54.6 Å². The van der Waals surface area contributed by atoms with Crippen molar-refractivity contribution in [1.29, 1.82) is 0 Å². The van der Waals surface area contributed by atoms with Crippen molar-refractivity contribution in [3.63, 3.8) is 0 Å². The third-order valence-electron chi connectivity index (χ3n) is 5.37. The lowest BCUT2D eigenvalue weighted by Gasteiger charge is -2.25. The summed E-state index contributed by atoms with van der Waals surface area (Å²) in [6, 6.07) is -2.77. The maximum Gasteiger partial charge on any atom is 0.309 e. The average Bonchev–Trinajstić information content (AvgIpc) is 3.20. The van der Waals surface area contributed by atoms with E-state index in [4.69, 9.17) is 10.5 Å². The van der Waals surface area contributed by atoms with Gasteiger partial charge in [0.2, 0.25) is 23.4 Å². The number of halogens is 4. The first-order valence-corrected chi connectivity index (χ1v) is 11.0. The largest absolute Gasteiger partial charge is 0.479 e. The number of Topliss-reactive ketones (excluding diaryl/α,β-unsaturated/α-hetero) is 1. The topological polar surface area (TPSA) is 157 Å². The smallest absolute Gasteiger partial charge is 0.309 e. The third kappa shape index (κ3) is 7.39. The van der Waals surface area contributed by atoms with Gasteiger partial charge < -0.3 is 26.4 Å². The van der Waals surface area contributed by atoms with Crippen molar-refractivity contribution in [2.45, 2.75) is 45.2 Å². The van der Waals surface area contributed by atoms with Crippen molar-refractivity contribution in [3.8, 4) is 5.75 Å². The van der Waals surface area contributed by atoms with Crippen molar-refractivity contribution in [2.24, 2.45) is 17.6 Å². The number of ether oxygens (including phenoxy) is 1. The summed E-state index contributed by atoms with van der Waals surface area (Å²) in [7, 11) is 0. The lowest BCUT2D eigenvalue weighted by atomic mass is 9.95. The maximum atomic E-state index is 13.9. The van der Waals surface area contributed by atoms with Gasteiger partial charge >= 0.3 is 11.8 Å². The molecular formula is C22H26F4N4O6. The van der Waals surface area contributed by atoms with Crippen LogP contribution in [0.1, 0.15) is 33.1 Å². The second kappa shape index (κ2) is 12.3. The molecule has 0 spiro atoms. The molecule has 198 valence electrons. The lowest BCUT2D eigenvalue weighted by Crippen LogP contribution is -2.54. The lowest BCUT2D eigenvalue weighted by molar-refractivity contribution is -0.139. The standard InChI is InChI=1S/C22H26F4N4O6/c1-9(2)5-14(30-22(35)19(27)32)21(34)29-13(6-10-3-4-28-20(10)33)15(31)8-36-18-16(25)11(23)7-12(24)17(18)26/h7,9-10,13-14H,3-6,8H2,1-2H3,(H2,27,32)(H,28,33)(H,29,34)(H,30,35). The van der Waals surface area contributed by atoms with Crippen molar-refractivity contribution in [1.82, 2.24) is 16.0 Å². The number of nitrogens with two attached hydrogens (primary N) is 1. The molecule has 14 heteroatoms. The summed E-state index contributed by atoms with van der Waals surface area (Å²) >= 11 is 0. The van der Waals surface area contributed by atoms with Gasteiger partial charge in [-0.15, -0.1) is 0 Å². The molecule has 3 atom stereocenters. The van der Waals surface area contributed by atoms with Crippen LogP contribution < -0.4 is 26.4 Å². The van der Waals surface area contributed by atoms with E-state index in [-0.39, 0.29) is 24.8 Å². The van der Waals surface area contributed by atoms with E-state index in [1.807, 2.05) is 0 Å². The van der Waals surface area contributed by atoms with Gasteiger partial charge in [-0.3, -0.25) is 24.0 Å². The molecule has 2 rings (SSSR count). The van der Waals surface area contributed by atoms with Crippen LogP contribution in [-0.2, 0) is 24.0 Å². The molecule has 5 N–H and O–H groups in total. The Morgan fingerprint density at radius 2 is 1.69 bits per heavy atom. The molecule has 10 nitrogen and oxygen atoms in total. The van der Waals surface area contributed by atoms with Gasteiger partial charge in [0.25, 0.3) is 0 Å². The van der Waals surface area contributed by atoms with Gasteiger partial charge in [0.15, 0.2) is 23.2 Å². The number of nitrogens with one attached hydrogen (secondary N) is 3. The van der Waals surface area contributed by atoms with Gasteiger partial charge in [-0.2, -0.15) is 8.78 Å². The number of hydrogen-bond acceptors (Lipinski definition) is 6. The van der Waals surface area contributed by atoms with Crippen LogP contribution >= 0.6 is 0 Å². The Morgan fingerprint density at radius 3 is 2.19 bits per heavy atom. The highest BCUT2D eigenvalue weighted by atomic mass is 19.2. The second-order valence-corrected chi connectivity index (χ2v) is 8.65. The molecular weight excluding hydrogens is 492 g/mol. The van der Waals surface area contributed by atoms with E-state index in [0.717, 1.165) is 0 Å². The monoisotopic (exact) mass is 518 g/mol. The second-order valence-electron chi connectivity index (χ2n) is 8.65. The van der Waals surface area contributed by atoms with Crippen LogP contribution in [0.25, 0.3) is 0 Å². The molecule has 1 aromatic carbocycles. The Morgan fingerprint density at radius 1 is 1.08 bits per heavy atom. The minimum atomic E-state index is -1.86. The molecule has 1 heterocycles. The predicted octanol–water partition coefficient (Wildman–Crippen LogP) is 0.218. The number of rotatable bonds is 11. The van der Waals surface area contributed by atoms with Crippen LogP contribution in [0.2, 0.25) is 0 Å². The Labute approximate surface area is 203 Å². The highest BCUT2D eigenvalue weighted by Crippen LogP contribution is 2.26. The molecule has 0 saturated carbocycles. The molecule has 3 unspecified atom stereocenters. The fourth-order valence-electron chi connectivity index (χ4n) is 3.55. The average molecular weight is 518 g/mol. The first-order chi connectivity index (χ1) is 16.8. The first kappa shape index (κ1) is 28.5. The molecule has 0 aromatic heterocycles. The number of ketones is 1. The van der Waals surface area contributed by atoms with Crippen LogP contribution in [0.5, 0.6) is 5.75 Å². The van der Waals surface area contributed by atoms with E-state index in [0.29, 0.717) is 13.0 Å². The van der Waals surface area contributed by atoms with E-state index < -0.39 is 83.0 Å². The van der Waals surface area contributed by atoms with Gasteiger partial charge in [0.1, 0.15) is 12.6 Å². The summed E-state index contributed by atoms with van der Waals surface area (Å²) in [5.41, 5.74) is 4.92. The fourth-order valence-corrected chi connectivity index (χ4v) is 3.55.